The largest absolute Gasteiger partial charge is 0.394 e. The first-order valence-corrected chi connectivity index (χ1v) is 15.6. The number of ether oxygens (including phenoxy) is 1. The maximum Gasteiger partial charge on any atom is 0.222 e. The number of rotatable bonds is 27. The summed E-state index contributed by atoms with van der Waals surface area (Å²) in [5.74, 6) is -0.0202. The molecule has 0 aliphatic carbocycles. The smallest absolute Gasteiger partial charge is 0.222 e. The molecule has 38 heavy (non-hydrogen) atoms. The van der Waals surface area contributed by atoms with E-state index < -0.39 is 0 Å². The van der Waals surface area contributed by atoms with E-state index in [2.05, 4.69) is 36.3 Å². The highest BCUT2D eigenvalue weighted by atomic mass is 16.5. The number of benzene rings is 1. The molecular formula is C33H58N2O3. The third-order valence-electron chi connectivity index (χ3n) is 7.12. The van der Waals surface area contributed by atoms with Gasteiger partial charge in [0, 0.05) is 0 Å². The summed E-state index contributed by atoms with van der Waals surface area (Å²) in [6.07, 6.45) is 21.1. The number of carbonyl (C=O) groups is 1. The summed E-state index contributed by atoms with van der Waals surface area (Å²) in [5, 5.41) is 16.3. The van der Waals surface area contributed by atoms with Crippen LogP contribution in [0.5, 0.6) is 0 Å². The maximum atomic E-state index is 12.8. The van der Waals surface area contributed by atoms with Crippen LogP contribution in [0.2, 0.25) is 0 Å². The van der Waals surface area contributed by atoms with Gasteiger partial charge in [0.25, 0.3) is 0 Å². The molecule has 0 aliphatic rings. The number of amides is 1. The number of nitrogens with one attached hydrogen (secondary N) is 2. The number of carbonyl (C=O) groups excluding carboxylic acids is 1. The zero-order chi connectivity index (χ0) is 27.5. The van der Waals surface area contributed by atoms with Gasteiger partial charge in [-0.3, -0.25) is 4.79 Å². The van der Waals surface area contributed by atoms with Crippen molar-refractivity contribution in [1.29, 1.82) is 0 Å². The highest BCUT2D eigenvalue weighted by Gasteiger charge is 2.17. The molecule has 218 valence electrons. The average molecular weight is 531 g/mol. The Labute approximate surface area is 234 Å². The van der Waals surface area contributed by atoms with E-state index in [4.69, 9.17) is 4.74 Å². The Kier molecular flexibility index (Phi) is 23.1. The van der Waals surface area contributed by atoms with Crippen LogP contribution in [0.4, 0.5) is 0 Å². The lowest BCUT2D eigenvalue weighted by atomic mass is 10.0. The molecule has 0 aliphatic heterocycles. The molecule has 1 aromatic rings. The van der Waals surface area contributed by atoms with Gasteiger partial charge < -0.3 is 20.5 Å². The number of allylic oxidation sites excluding steroid dienone is 1. The Hall–Kier alpha value is -1.69. The van der Waals surface area contributed by atoms with Crippen LogP contribution < -0.4 is 10.6 Å². The molecule has 0 fully saturated rings. The predicted molar refractivity (Wildman–Crippen MR) is 161 cm³/mol. The monoisotopic (exact) mass is 530 g/mol. The molecular weight excluding hydrogens is 472 g/mol. The van der Waals surface area contributed by atoms with Gasteiger partial charge in [-0.05, 0) is 57.2 Å². The average Bonchev–Trinajstić information content (AvgIpc) is 2.93. The third kappa shape index (κ3) is 20.3. The topological polar surface area (TPSA) is 70.6 Å². The highest BCUT2D eigenvalue weighted by molar-refractivity contribution is 5.76. The summed E-state index contributed by atoms with van der Waals surface area (Å²) in [7, 11) is 0. The number of hydrogen-bond acceptors (Lipinski definition) is 4. The van der Waals surface area contributed by atoms with Crippen molar-refractivity contribution in [1.82, 2.24) is 10.6 Å². The SMILES string of the molecule is C=CCCCCCNCCC[C@H](CO)NC(=O)C[C@@H](CCCCCCCCCCC)OCc1ccccc1. The Morgan fingerprint density at radius 2 is 1.55 bits per heavy atom. The van der Waals surface area contributed by atoms with Crippen molar-refractivity contribution in [2.24, 2.45) is 0 Å². The van der Waals surface area contributed by atoms with Gasteiger partial charge in [-0.2, -0.15) is 0 Å². The minimum Gasteiger partial charge on any atom is -0.394 e. The summed E-state index contributed by atoms with van der Waals surface area (Å²) >= 11 is 0. The molecule has 0 spiro atoms. The zero-order valence-electron chi connectivity index (χ0n) is 24.4. The van der Waals surface area contributed by atoms with Gasteiger partial charge in [0.2, 0.25) is 5.91 Å². The van der Waals surface area contributed by atoms with Crippen LogP contribution in [-0.2, 0) is 16.1 Å². The number of aliphatic hydroxyl groups excluding tert-OH is 1. The maximum absolute atomic E-state index is 12.8. The zero-order valence-corrected chi connectivity index (χ0v) is 24.4. The van der Waals surface area contributed by atoms with Crippen molar-refractivity contribution in [2.45, 2.75) is 135 Å². The Morgan fingerprint density at radius 3 is 2.24 bits per heavy atom. The standard InChI is InChI=1S/C33H58N2O3/c1-3-5-7-9-10-11-12-13-18-24-32(38-29-30-21-16-15-17-22-30)27-33(37)35-31(28-36)23-20-26-34-25-19-14-8-6-4-2/h4,15-17,21-22,31-32,34,36H,2-3,5-14,18-20,23-29H2,1H3,(H,35,37)/t31-,32-/m1/s1. The van der Waals surface area contributed by atoms with Crippen LogP contribution in [0.25, 0.3) is 0 Å². The minimum atomic E-state index is -0.195. The second-order valence-electron chi connectivity index (χ2n) is 10.7. The van der Waals surface area contributed by atoms with E-state index in [-0.39, 0.29) is 24.7 Å². The van der Waals surface area contributed by atoms with E-state index in [1.807, 2.05) is 24.3 Å². The van der Waals surface area contributed by atoms with E-state index >= 15 is 0 Å². The lowest BCUT2D eigenvalue weighted by Crippen LogP contribution is -2.39. The van der Waals surface area contributed by atoms with Crippen LogP contribution in [0.1, 0.15) is 122 Å². The van der Waals surface area contributed by atoms with Crippen molar-refractivity contribution in [3.8, 4) is 0 Å². The first-order chi connectivity index (χ1) is 18.7. The molecule has 0 saturated heterocycles. The van der Waals surface area contributed by atoms with Crippen molar-refractivity contribution in [3.63, 3.8) is 0 Å². The minimum absolute atomic E-state index is 0.0202. The molecule has 5 nitrogen and oxygen atoms in total. The van der Waals surface area contributed by atoms with Crippen LogP contribution in [-0.4, -0.2) is 42.9 Å². The molecule has 0 aromatic heterocycles. The summed E-state index contributed by atoms with van der Waals surface area (Å²) in [6, 6.07) is 9.97. The molecule has 0 bridgehead atoms. The van der Waals surface area contributed by atoms with Crippen LogP contribution >= 0.6 is 0 Å². The molecule has 0 heterocycles. The van der Waals surface area contributed by atoms with Gasteiger partial charge in [0.15, 0.2) is 0 Å². The predicted octanol–water partition coefficient (Wildman–Crippen LogP) is 7.48. The molecule has 1 rings (SSSR count). The van der Waals surface area contributed by atoms with E-state index in [1.165, 1.54) is 70.6 Å². The first kappa shape index (κ1) is 34.3. The summed E-state index contributed by atoms with van der Waals surface area (Å²) in [6.45, 7) is 8.45. The lowest BCUT2D eigenvalue weighted by molar-refractivity contribution is -0.125. The molecule has 3 N–H and O–H groups in total. The number of aliphatic hydroxyl groups is 1. The second-order valence-corrected chi connectivity index (χ2v) is 10.7. The quantitative estimate of drug-likeness (QED) is 0.0815. The number of unbranched alkanes of at least 4 members (excludes halogenated alkanes) is 11. The fourth-order valence-electron chi connectivity index (χ4n) is 4.73. The second kappa shape index (κ2) is 25.6. The Bertz CT molecular complexity index is 667. The van der Waals surface area contributed by atoms with Crippen LogP contribution in [0.15, 0.2) is 43.0 Å². The first-order valence-electron chi connectivity index (χ1n) is 15.6. The van der Waals surface area contributed by atoms with E-state index in [0.29, 0.717) is 13.0 Å². The van der Waals surface area contributed by atoms with Crippen LogP contribution in [0.3, 0.4) is 0 Å². The molecule has 1 amide bonds. The van der Waals surface area contributed by atoms with Crippen molar-refractivity contribution >= 4 is 5.91 Å². The van der Waals surface area contributed by atoms with Gasteiger partial charge in [-0.25, -0.2) is 0 Å². The molecule has 0 saturated carbocycles. The van der Waals surface area contributed by atoms with Crippen molar-refractivity contribution < 1.29 is 14.6 Å². The van der Waals surface area contributed by atoms with Crippen molar-refractivity contribution in [3.05, 3.63) is 48.6 Å². The third-order valence-corrected chi connectivity index (χ3v) is 7.12. The van der Waals surface area contributed by atoms with Crippen LogP contribution in [0, 0.1) is 0 Å². The normalized spacial score (nSPS) is 12.8. The van der Waals surface area contributed by atoms with Gasteiger partial charge >= 0.3 is 0 Å². The van der Waals surface area contributed by atoms with Gasteiger partial charge in [-0.1, -0.05) is 108 Å². The highest BCUT2D eigenvalue weighted by Crippen LogP contribution is 2.16. The Balaban J connectivity index is 2.33. The summed E-state index contributed by atoms with van der Waals surface area (Å²) in [5.41, 5.74) is 1.13. The lowest BCUT2D eigenvalue weighted by Gasteiger charge is -2.21. The summed E-state index contributed by atoms with van der Waals surface area (Å²) < 4.78 is 6.21. The summed E-state index contributed by atoms with van der Waals surface area (Å²) in [4.78, 5) is 12.8. The van der Waals surface area contributed by atoms with E-state index in [9.17, 15) is 9.90 Å². The van der Waals surface area contributed by atoms with Gasteiger partial charge in [0.05, 0.1) is 31.8 Å². The number of hydrogen-bond donors (Lipinski definition) is 3. The van der Waals surface area contributed by atoms with Crippen molar-refractivity contribution in [2.75, 3.05) is 19.7 Å². The molecule has 2 atom stereocenters. The van der Waals surface area contributed by atoms with Gasteiger partial charge in [-0.15, -0.1) is 6.58 Å². The molecule has 0 radical (unpaired) electrons. The molecule has 0 unspecified atom stereocenters. The Morgan fingerprint density at radius 1 is 0.895 bits per heavy atom. The fraction of sp³-hybridized carbons (Fsp3) is 0.727. The van der Waals surface area contributed by atoms with Gasteiger partial charge in [0.1, 0.15) is 0 Å². The molecule has 1 aromatic carbocycles. The fourth-order valence-corrected chi connectivity index (χ4v) is 4.73. The van der Waals surface area contributed by atoms with E-state index in [1.54, 1.807) is 0 Å². The molecule has 5 heteroatoms. The van der Waals surface area contributed by atoms with E-state index in [0.717, 1.165) is 50.8 Å².